The Morgan fingerprint density at radius 3 is 2.50 bits per heavy atom. The number of hydrogen-bond donors (Lipinski definition) is 3. The molecule has 0 spiro atoms. The van der Waals surface area contributed by atoms with Gasteiger partial charge in [0.1, 0.15) is 11.6 Å². The van der Waals surface area contributed by atoms with Crippen LogP contribution in [0.3, 0.4) is 0 Å². The molecule has 2 unspecified atom stereocenters. The van der Waals surface area contributed by atoms with E-state index in [4.69, 9.17) is 9.47 Å². The van der Waals surface area contributed by atoms with E-state index in [2.05, 4.69) is 5.32 Å². The van der Waals surface area contributed by atoms with Gasteiger partial charge in [0.05, 0.1) is 0 Å². The summed E-state index contributed by atoms with van der Waals surface area (Å²) in [5.41, 5.74) is -0.0169. The lowest BCUT2D eigenvalue weighted by Crippen LogP contribution is -2.43. The summed E-state index contributed by atoms with van der Waals surface area (Å²) in [5.74, 6) is -2.52. The summed E-state index contributed by atoms with van der Waals surface area (Å²) in [6, 6.07) is -1.11. The van der Waals surface area contributed by atoms with E-state index >= 15 is 0 Å². The highest BCUT2D eigenvalue weighted by Gasteiger charge is 2.28. The minimum Gasteiger partial charge on any atom is -0.480 e. The molecule has 3 N–H and O–H groups in total. The van der Waals surface area contributed by atoms with Gasteiger partial charge in [-0.2, -0.15) is 0 Å². The van der Waals surface area contributed by atoms with E-state index in [9.17, 15) is 19.8 Å². The van der Waals surface area contributed by atoms with Crippen molar-refractivity contribution < 1.29 is 29.3 Å². The van der Waals surface area contributed by atoms with Crippen LogP contribution in [0.2, 0.25) is 0 Å². The summed E-state index contributed by atoms with van der Waals surface area (Å²) in [5, 5.41) is 21.4. The first kappa shape index (κ1) is 18.2. The Kier molecular flexibility index (Phi) is 5.73. The van der Waals surface area contributed by atoms with E-state index in [-0.39, 0.29) is 12.8 Å². The Morgan fingerprint density at radius 2 is 2.09 bits per heavy atom. The molecule has 0 saturated heterocycles. The summed E-state index contributed by atoms with van der Waals surface area (Å²) in [4.78, 5) is 22.9. The zero-order valence-electron chi connectivity index (χ0n) is 13.3. The van der Waals surface area contributed by atoms with E-state index in [1.54, 1.807) is 32.9 Å². The maximum absolute atomic E-state index is 11.7. The molecule has 0 aromatic carbocycles. The van der Waals surface area contributed by atoms with E-state index in [1.807, 2.05) is 0 Å². The second kappa shape index (κ2) is 6.93. The van der Waals surface area contributed by atoms with Crippen molar-refractivity contribution in [3.05, 3.63) is 23.8 Å². The second-order valence-electron chi connectivity index (χ2n) is 6.11. The van der Waals surface area contributed by atoms with Crippen LogP contribution in [0.25, 0.3) is 0 Å². The van der Waals surface area contributed by atoms with Crippen molar-refractivity contribution in [2.75, 3.05) is 7.11 Å². The van der Waals surface area contributed by atoms with Gasteiger partial charge < -0.3 is 25.0 Å². The van der Waals surface area contributed by atoms with Gasteiger partial charge in [-0.05, 0) is 32.4 Å². The van der Waals surface area contributed by atoms with Crippen LogP contribution in [0, 0.1) is 0 Å². The van der Waals surface area contributed by atoms with Crippen molar-refractivity contribution in [2.24, 2.45) is 0 Å². The fourth-order valence-corrected chi connectivity index (χ4v) is 1.84. The van der Waals surface area contributed by atoms with E-state index in [1.165, 1.54) is 13.2 Å². The van der Waals surface area contributed by atoms with Gasteiger partial charge in [0.15, 0.2) is 5.79 Å². The number of carbonyl (C=O) groups excluding carboxylic acids is 1. The molecular formula is C15H23NO6. The number of amides is 1. The third kappa shape index (κ3) is 5.87. The number of allylic oxidation sites excluding steroid dienone is 1. The highest BCUT2D eigenvalue weighted by atomic mass is 16.6. The van der Waals surface area contributed by atoms with Crippen molar-refractivity contribution in [1.29, 1.82) is 0 Å². The van der Waals surface area contributed by atoms with Crippen molar-refractivity contribution >= 4 is 12.1 Å². The summed E-state index contributed by atoms with van der Waals surface area (Å²) in [6.07, 6.45) is 4.23. The fourth-order valence-electron chi connectivity index (χ4n) is 1.84. The maximum atomic E-state index is 11.7. The lowest BCUT2D eigenvalue weighted by Gasteiger charge is -2.26. The topological polar surface area (TPSA) is 105 Å². The SMILES string of the molecule is COC1(O)C=CC(CC(NC(=O)OC(C)(C)C)C(=O)O)=CC1. The van der Waals surface area contributed by atoms with Gasteiger partial charge in [-0.1, -0.05) is 12.2 Å². The van der Waals surface area contributed by atoms with Crippen LogP contribution < -0.4 is 5.32 Å². The number of carboxylic acids is 1. The molecule has 0 aromatic heterocycles. The van der Waals surface area contributed by atoms with Gasteiger partial charge >= 0.3 is 12.1 Å². The van der Waals surface area contributed by atoms with Crippen molar-refractivity contribution in [1.82, 2.24) is 5.32 Å². The lowest BCUT2D eigenvalue weighted by molar-refractivity contribution is -0.143. The van der Waals surface area contributed by atoms with E-state index in [0.717, 1.165) is 0 Å². The van der Waals surface area contributed by atoms with Crippen LogP contribution in [0.5, 0.6) is 0 Å². The number of carbonyl (C=O) groups is 2. The standard InChI is InChI=1S/C15H23NO6/c1-14(2,3)22-13(19)16-11(12(17)18)9-10-5-7-15(20,21-4)8-6-10/h5-7,11,20H,8-9H2,1-4H3,(H,16,19)(H,17,18). The number of nitrogens with one attached hydrogen (secondary N) is 1. The number of carboxylic acid groups (broad SMARTS) is 1. The average Bonchev–Trinajstić information content (AvgIpc) is 2.38. The monoisotopic (exact) mass is 313 g/mol. The molecular weight excluding hydrogens is 290 g/mol. The molecule has 0 saturated carbocycles. The Balaban J connectivity index is 2.65. The molecule has 0 fully saturated rings. The van der Waals surface area contributed by atoms with E-state index < -0.39 is 29.5 Å². The Bertz CT molecular complexity index is 491. The molecule has 0 bridgehead atoms. The van der Waals surface area contributed by atoms with Crippen molar-refractivity contribution in [2.45, 2.75) is 51.0 Å². The first-order valence-electron chi connectivity index (χ1n) is 6.93. The van der Waals surface area contributed by atoms with Gasteiger partial charge in [0.2, 0.25) is 0 Å². The van der Waals surface area contributed by atoms with Crippen LogP contribution in [0.1, 0.15) is 33.6 Å². The first-order chi connectivity index (χ1) is 10.0. The minimum absolute atomic E-state index is 0.0882. The normalized spacial score (nSPS) is 22.7. The first-order valence-corrected chi connectivity index (χ1v) is 6.93. The Morgan fingerprint density at radius 1 is 1.45 bits per heavy atom. The third-order valence-electron chi connectivity index (χ3n) is 3.00. The summed E-state index contributed by atoms with van der Waals surface area (Å²) < 4.78 is 9.96. The van der Waals surface area contributed by atoms with E-state index in [0.29, 0.717) is 5.57 Å². The average molecular weight is 313 g/mol. The molecule has 0 aromatic rings. The van der Waals surface area contributed by atoms with Crippen LogP contribution >= 0.6 is 0 Å². The number of alkyl carbamates (subject to hydrolysis) is 1. The molecule has 1 rings (SSSR count). The predicted molar refractivity (Wildman–Crippen MR) is 79.2 cm³/mol. The molecule has 7 nitrogen and oxygen atoms in total. The molecule has 1 aliphatic rings. The van der Waals surface area contributed by atoms with Gasteiger partial charge in [-0.25, -0.2) is 9.59 Å². The second-order valence-corrected chi connectivity index (χ2v) is 6.11. The number of rotatable bonds is 5. The summed E-state index contributed by atoms with van der Waals surface area (Å²) in [7, 11) is 1.38. The lowest BCUT2D eigenvalue weighted by atomic mass is 9.97. The fraction of sp³-hybridized carbons (Fsp3) is 0.600. The zero-order valence-corrected chi connectivity index (χ0v) is 13.3. The largest absolute Gasteiger partial charge is 0.480 e. The predicted octanol–water partition coefficient (Wildman–Crippen LogP) is 1.58. The van der Waals surface area contributed by atoms with Crippen LogP contribution in [0.4, 0.5) is 4.79 Å². The summed E-state index contributed by atoms with van der Waals surface area (Å²) in [6.45, 7) is 5.08. The van der Waals surface area contributed by atoms with Crippen LogP contribution in [-0.4, -0.2) is 46.8 Å². The third-order valence-corrected chi connectivity index (χ3v) is 3.00. The molecule has 1 aliphatic carbocycles. The molecule has 22 heavy (non-hydrogen) atoms. The molecule has 7 heteroatoms. The number of aliphatic carboxylic acids is 1. The molecule has 0 aliphatic heterocycles. The highest BCUT2D eigenvalue weighted by Crippen LogP contribution is 2.23. The number of aliphatic hydroxyl groups is 1. The van der Waals surface area contributed by atoms with Crippen molar-refractivity contribution in [3.63, 3.8) is 0 Å². The van der Waals surface area contributed by atoms with Crippen molar-refractivity contribution in [3.8, 4) is 0 Å². The van der Waals surface area contributed by atoms with Crippen LogP contribution in [0.15, 0.2) is 23.8 Å². The number of methoxy groups -OCH3 is 1. The molecule has 2 atom stereocenters. The summed E-state index contributed by atoms with van der Waals surface area (Å²) >= 11 is 0. The van der Waals surface area contributed by atoms with Gasteiger partial charge in [-0.15, -0.1) is 0 Å². The molecule has 1 amide bonds. The molecule has 0 radical (unpaired) electrons. The maximum Gasteiger partial charge on any atom is 0.408 e. The van der Waals surface area contributed by atoms with Gasteiger partial charge in [-0.3, -0.25) is 0 Å². The quantitative estimate of drug-likeness (QED) is 0.665. The zero-order chi connectivity index (χ0) is 17.0. The Hall–Kier alpha value is -1.86. The minimum atomic E-state index is -1.36. The molecule has 124 valence electrons. The highest BCUT2D eigenvalue weighted by molar-refractivity contribution is 5.80. The van der Waals surface area contributed by atoms with Crippen LogP contribution in [-0.2, 0) is 14.3 Å². The van der Waals surface area contributed by atoms with Gasteiger partial charge in [0.25, 0.3) is 0 Å². The smallest absolute Gasteiger partial charge is 0.408 e. The number of hydrogen-bond acceptors (Lipinski definition) is 5. The Labute approximate surface area is 129 Å². The number of ether oxygens (including phenoxy) is 2. The molecule has 0 heterocycles. The van der Waals surface area contributed by atoms with Gasteiger partial charge in [0, 0.05) is 20.0 Å².